The lowest BCUT2D eigenvalue weighted by Gasteiger charge is -2.25. The van der Waals surface area contributed by atoms with Crippen molar-refractivity contribution >= 4 is 17.1 Å². The molecule has 0 saturated heterocycles. The van der Waals surface area contributed by atoms with Crippen LogP contribution in [0.5, 0.6) is 0 Å². The van der Waals surface area contributed by atoms with E-state index in [2.05, 4.69) is 15.0 Å². The number of fused-ring (bicyclic) bond motifs is 1. The summed E-state index contributed by atoms with van der Waals surface area (Å²) in [6, 6.07) is 0. The van der Waals surface area contributed by atoms with Crippen LogP contribution in [-0.4, -0.2) is 47.0 Å². The molecule has 6 N–H and O–H groups in total. The Balaban J connectivity index is 2.17. The highest BCUT2D eigenvalue weighted by molar-refractivity contribution is 5.70. The Morgan fingerprint density at radius 1 is 1.62 bits per heavy atom. The van der Waals surface area contributed by atoms with Crippen LogP contribution in [-0.2, 0) is 4.74 Å². The van der Waals surface area contributed by atoms with Crippen LogP contribution in [0.4, 0.5) is 5.95 Å². The lowest BCUT2D eigenvalue weighted by molar-refractivity contribution is -0.0744. The van der Waals surface area contributed by atoms with E-state index in [4.69, 9.17) is 15.6 Å². The van der Waals surface area contributed by atoms with Gasteiger partial charge < -0.3 is 25.8 Å². The molecule has 0 spiro atoms. The first-order valence-electron chi connectivity index (χ1n) is 6.01. The SMILES string of the molecule is CC1(O)C(O)=C(CO)O[C@H]1n1cnc2c(=O)[nH]c(N)nc21. The summed E-state index contributed by atoms with van der Waals surface area (Å²) < 4.78 is 6.59. The van der Waals surface area contributed by atoms with E-state index in [1.54, 1.807) is 0 Å². The van der Waals surface area contributed by atoms with Crippen LogP contribution in [0.1, 0.15) is 13.2 Å². The van der Waals surface area contributed by atoms with Gasteiger partial charge in [-0.25, -0.2) is 4.98 Å². The van der Waals surface area contributed by atoms with Crippen molar-refractivity contribution in [2.24, 2.45) is 0 Å². The molecule has 112 valence electrons. The van der Waals surface area contributed by atoms with E-state index in [1.807, 2.05) is 0 Å². The van der Waals surface area contributed by atoms with E-state index >= 15 is 0 Å². The van der Waals surface area contributed by atoms with Crippen molar-refractivity contribution in [2.45, 2.75) is 18.8 Å². The first kappa shape index (κ1) is 13.4. The number of imidazole rings is 1. The molecule has 1 aliphatic heterocycles. The zero-order chi connectivity index (χ0) is 15.4. The Bertz CT molecular complexity index is 805. The molecule has 3 heterocycles. The smallest absolute Gasteiger partial charge is 0.280 e. The second-order valence-corrected chi connectivity index (χ2v) is 4.82. The molecule has 3 rings (SSSR count). The number of hydrogen-bond acceptors (Lipinski definition) is 8. The molecule has 10 nitrogen and oxygen atoms in total. The van der Waals surface area contributed by atoms with Crippen molar-refractivity contribution in [1.82, 2.24) is 19.5 Å². The Hall–Kier alpha value is -2.59. The minimum Gasteiger partial charge on any atom is -0.506 e. The molecule has 0 saturated carbocycles. The molecule has 2 atom stereocenters. The van der Waals surface area contributed by atoms with Gasteiger partial charge in [-0.3, -0.25) is 14.3 Å². The summed E-state index contributed by atoms with van der Waals surface area (Å²) >= 11 is 0. The number of aliphatic hydroxyl groups is 3. The summed E-state index contributed by atoms with van der Waals surface area (Å²) in [6.45, 7) is 0.722. The highest BCUT2D eigenvalue weighted by Crippen LogP contribution is 2.40. The summed E-state index contributed by atoms with van der Waals surface area (Å²) in [5.41, 5.74) is 3.25. The summed E-state index contributed by atoms with van der Waals surface area (Å²) in [4.78, 5) is 21.9. The second kappa shape index (κ2) is 4.20. The van der Waals surface area contributed by atoms with Gasteiger partial charge in [-0.05, 0) is 6.92 Å². The number of H-pyrrole nitrogens is 1. The molecule has 0 aromatic carbocycles. The predicted octanol–water partition coefficient (Wildman–Crippen LogP) is -1.26. The molecule has 0 aliphatic carbocycles. The van der Waals surface area contributed by atoms with Gasteiger partial charge in [0.1, 0.15) is 12.9 Å². The number of aliphatic hydroxyl groups excluding tert-OH is 2. The monoisotopic (exact) mass is 295 g/mol. The zero-order valence-corrected chi connectivity index (χ0v) is 10.9. The molecule has 0 amide bonds. The minimum absolute atomic E-state index is 0.0144. The van der Waals surface area contributed by atoms with Crippen molar-refractivity contribution in [3.8, 4) is 0 Å². The Morgan fingerprint density at radius 3 is 2.95 bits per heavy atom. The van der Waals surface area contributed by atoms with E-state index in [0.717, 1.165) is 0 Å². The van der Waals surface area contributed by atoms with Gasteiger partial charge in [0, 0.05) is 0 Å². The van der Waals surface area contributed by atoms with Crippen LogP contribution in [0.15, 0.2) is 22.6 Å². The number of anilines is 1. The van der Waals surface area contributed by atoms with Crippen LogP contribution >= 0.6 is 0 Å². The molecule has 10 heteroatoms. The van der Waals surface area contributed by atoms with Gasteiger partial charge in [0.15, 0.2) is 28.3 Å². The number of nitrogen functional groups attached to an aromatic ring is 1. The van der Waals surface area contributed by atoms with Crippen molar-refractivity contribution in [2.75, 3.05) is 12.3 Å². The molecular weight excluding hydrogens is 282 g/mol. The van der Waals surface area contributed by atoms with E-state index in [0.29, 0.717) is 0 Å². The van der Waals surface area contributed by atoms with Gasteiger partial charge in [0.2, 0.25) is 12.2 Å². The number of nitrogens with zero attached hydrogens (tertiary/aromatic N) is 3. The third-order valence-corrected chi connectivity index (χ3v) is 3.33. The molecule has 0 radical (unpaired) electrons. The first-order chi connectivity index (χ1) is 9.86. The second-order valence-electron chi connectivity index (χ2n) is 4.82. The quantitative estimate of drug-likeness (QED) is 0.459. The Kier molecular flexibility index (Phi) is 2.68. The fourth-order valence-electron chi connectivity index (χ4n) is 2.26. The van der Waals surface area contributed by atoms with Gasteiger partial charge in [-0.1, -0.05) is 0 Å². The van der Waals surface area contributed by atoms with Crippen molar-refractivity contribution in [1.29, 1.82) is 0 Å². The summed E-state index contributed by atoms with van der Waals surface area (Å²) in [6.07, 6.45) is 0.0948. The van der Waals surface area contributed by atoms with Gasteiger partial charge in [-0.15, -0.1) is 0 Å². The summed E-state index contributed by atoms with van der Waals surface area (Å²) in [5, 5.41) is 29.3. The minimum atomic E-state index is -1.81. The number of rotatable bonds is 2. The van der Waals surface area contributed by atoms with Gasteiger partial charge >= 0.3 is 0 Å². The highest BCUT2D eigenvalue weighted by Gasteiger charge is 2.48. The van der Waals surface area contributed by atoms with E-state index in [-0.39, 0.29) is 22.9 Å². The molecule has 2 aromatic rings. The fourth-order valence-corrected chi connectivity index (χ4v) is 2.26. The van der Waals surface area contributed by atoms with Crippen LogP contribution in [0.2, 0.25) is 0 Å². The maximum absolute atomic E-state index is 11.7. The van der Waals surface area contributed by atoms with Gasteiger partial charge in [0.25, 0.3) is 5.56 Å². The van der Waals surface area contributed by atoms with E-state index in [1.165, 1.54) is 17.8 Å². The average molecular weight is 295 g/mol. The predicted molar refractivity (Wildman–Crippen MR) is 70.0 cm³/mol. The average Bonchev–Trinajstić information content (AvgIpc) is 2.91. The molecule has 0 bridgehead atoms. The molecule has 0 fully saturated rings. The van der Waals surface area contributed by atoms with Crippen molar-refractivity contribution in [3.05, 3.63) is 28.2 Å². The third kappa shape index (κ3) is 1.76. The number of hydrogen-bond donors (Lipinski definition) is 5. The number of nitrogens with one attached hydrogen (secondary N) is 1. The summed E-state index contributed by atoms with van der Waals surface area (Å²) in [7, 11) is 0. The standard InChI is InChI=1S/C11H13N5O5/c1-11(20)6(18)4(2-17)21-9(11)16-3-13-5-7(16)14-10(12)15-8(5)19/h3,9,17-18,20H,2H2,1H3,(H3,12,14,15,19)/t9-,11?/m1/s1. The maximum atomic E-state index is 11.7. The fraction of sp³-hybridized carbons (Fsp3) is 0.364. The summed E-state index contributed by atoms with van der Waals surface area (Å²) in [5.74, 6) is -0.772. The Labute approximate surface area is 117 Å². The van der Waals surface area contributed by atoms with Crippen LogP contribution in [0, 0.1) is 0 Å². The molecular formula is C11H13N5O5. The maximum Gasteiger partial charge on any atom is 0.280 e. The number of nitrogens with two attached hydrogens (primary N) is 1. The van der Waals surface area contributed by atoms with E-state index < -0.39 is 29.8 Å². The normalized spacial score (nSPS) is 25.6. The topological polar surface area (TPSA) is 160 Å². The lowest BCUT2D eigenvalue weighted by Crippen LogP contribution is -2.35. The van der Waals surface area contributed by atoms with Crippen LogP contribution < -0.4 is 11.3 Å². The van der Waals surface area contributed by atoms with Crippen LogP contribution in [0.3, 0.4) is 0 Å². The largest absolute Gasteiger partial charge is 0.506 e. The molecule has 1 unspecified atom stereocenters. The lowest BCUT2D eigenvalue weighted by atomic mass is 10.0. The van der Waals surface area contributed by atoms with Crippen molar-refractivity contribution in [3.63, 3.8) is 0 Å². The molecule has 1 aliphatic rings. The Morgan fingerprint density at radius 2 is 2.33 bits per heavy atom. The van der Waals surface area contributed by atoms with Crippen LogP contribution in [0.25, 0.3) is 11.2 Å². The molecule has 2 aromatic heterocycles. The number of aromatic amines is 1. The number of ether oxygens (including phenoxy) is 1. The van der Waals surface area contributed by atoms with Gasteiger partial charge in [-0.2, -0.15) is 4.98 Å². The molecule has 21 heavy (non-hydrogen) atoms. The first-order valence-corrected chi connectivity index (χ1v) is 6.01. The van der Waals surface area contributed by atoms with E-state index in [9.17, 15) is 15.0 Å². The zero-order valence-electron chi connectivity index (χ0n) is 10.9. The number of aromatic nitrogens is 4. The van der Waals surface area contributed by atoms with Crippen molar-refractivity contribution < 1.29 is 20.1 Å². The van der Waals surface area contributed by atoms with Gasteiger partial charge in [0.05, 0.1) is 0 Å². The highest BCUT2D eigenvalue weighted by atomic mass is 16.6. The third-order valence-electron chi connectivity index (χ3n) is 3.33.